The van der Waals surface area contributed by atoms with E-state index in [0.29, 0.717) is 10.6 Å². The molecule has 0 saturated carbocycles. The van der Waals surface area contributed by atoms with E-state index in [9.17, 15) is 22.8 Å². The minimum atomic E-state index is -4.66. The van der Waals surface area contributed by atoms with Gasteiger partial charge in [0, 0.05) is 17.8 Å². The Balaban J connectivity index is 1.65. The van der Waals surface area contributed by atoms with Gasteiger partial charge in [0.05, 0.1) is 23.3 Å². The van der Waals surface area contributed by atoms with Gasteiger partial charge in [0.15, 0.2) is 0 Å². The van der Waals surface area contributed by atoms with Gasteiger partial charge < -0.3 is 21.7 Å². The first-order valence-corrected chi connectivity index (χ1v) is 10.4. The van der Waals surface area contributed by atoms with Gasteiger partial charge in [-0.25, -0.2) is 15.0 Å². The third kappa shape index (κ3) is 5.94. The highest BCUT2D eigenvalue weighted by Crippen LogP contribution is 2.36. The molecule has 2 heterocycles. The number of nitrogens with two attached hydrogens (primary N) is 1. The van der Waals surface area contributed by atoms with E-state index >= 15 is 0 Å². The van der Waals surface area contributed by atoms with Crippen molar-refractivity contribution in [2.45, 2.75) is 19.3 Å². The zero-order valence-electron chi connectivity index (χ0n) is 17.0. The normalized spacial score (nSPS) is 11.3. The van der Waals surface area contributed by atoms with Crippen molar-refractivity contribution in [2.24, 2.45) is 0 Å². The molecule has 1 aromatic carbocycles. The van der Waals surface area contributed by atoms with Crippen LogP contribution in [0.2, 0.25) is 5.02 Å². The van der Waals surface area contributed by atoms with Crippen molar-refractivity contribution in [3.8, 4) is 0 Å². The molecule has 0 aliphatic rings. The van der Waals surface area contributed by atoms with Crippen molar-refractivity contribution < 1.29 is 22.8 Å². The summed E-state index contributed by atoms with van der Waals surface area (Å²) in [5, 5.41) is 7.82. The lowest BCUT2D eigenvalue weighted by atomic mass is 10.2. The summed E-state index contributed by atoms with van der Waals surface area (Å²) in [7, 11) is 1.68. The first-order chi connectivity index (χ1) is 15.6. The van der Waals surface area contributed by atoms with Gasteiger partial charge >= 0.3 is 6.18 Å². The van der Waals surface area contributed by atoms with E-state index in [2.05, 4.69) is 30.9 Å². The third-order valence-corrected chi connectivity index (χ3v) is 5.58. The number of aromatic nitrogens is 3. The van der Waals surface area contributed by atoms with Gasteiger partial charge in [-0.05, 0) is 25.2 Å². The fourth-order valence-corrected chi connectivity index (χ4v) is 3.70. The number of halogens is 4. The Morgan fingerprint density at radius 1 is 1.15 bits per heavy atom. The van der Waals surface area contributed by atoms with Gasteiger partial charge in [-0.3, -0.25) is 9.59 Å². The van der Waals surface area contributed by atoms with Crippen LogP contribution in [0.25, 0.3) is 0 Å². The molecule has 5 N–H and O–H groups in total. The van der Waals surface area contributed by atoms with Gasteiger partial charge in [0.2, 0.25) is 0 Å². The first-order valence-electron chi connectivity index (χ1n) is 9.25. The molecule has 0 fully saturated rings. The summed E-state index contributed by atoms with van der Waals surface area (Å²) in [6, 6.07) is 3.06. The summed E-state index contributed by atoms with van der Waals surface area (Å²) >= 11 is 6.56. The molecule has 0 radical (unpaired) electrons. The molecule has 0 saturated heterocycles. The zero-order chi connectivity index (χ0) is 24.2. The van der Waals surface area contributed by atoms with Crippen LogP contribution in [0.5, 0.6) is 0 Å². The van der Waals surface area contributed by atoms with Crippen LogP contribution in [0, 0.1) is 0 Å². The predicted octanol–water partition coefficient (Wildman–Crippen LogP) is 3.09. The van der Waals surface area contributed by atoms with Crippen molar-refractivity contribution in [3.63, 3.8) is 0 Å². The largest absolute Gasteiger partial charge is 0.417 e. The highest BCUT2D eigenvalue weighted by molar-refractivity contribution is 7.13. The summed E-state index contributed by atoms with van der Waals surface area (Å²) in [6.07, 6.45) is -2.22. The molecule has 0 spiro atoms. The molecule has 0 aliphatic carbocycles. The number of anilines is 2. The minimum absolute atomic E-state index is 0.00114. The molecule has 0 atom stereocenters. The number of amides is 2. The van der Waals surface area contributed by atoms with Crippen molar-refractivity contribution in [1.29, 1.82) is 0 Å². The molecular weight excluding hydrogens is 483 g/mol. The van der Waals surface area contributed by atoms with E-state index in [1.807, 2.05) is 0 Å². The van der Waals surface area contributed by atoms with Crippen molar-refractivity contribution in [3.05, 3.63) is 62.5 Å². The lowest BCUT2D eigenvalue weighted by Crippen LogP contribution is -2.27. The quantitative estimate of drug-likeness (QED) is 0.392. The topological polar surface area (TPSA) is 135 Å². The lowest BCUT2D eigenvalue weighted by molar-refractivity contribution is -0.137. The van der Waals surface area contributed by atoms with Crippen molar-refractivity contribution in [2.75, 3.05) is 18.1 Å². The Morgan fingerprint density at radius 3 is 2.61 bits per heavy atom. The summed E-state index contributed by atoms with van der Waals surface area (Å²) < 4.78 is 39.0. The van der Waals surface area contributed by atoms with E-state index in [4.69, 9.17) is 17.3 Å². The summed E-state index contributed by atoms with van der Waals surface area (Å²) in [5.41, 5.74) is 5.22. The number of nitrogens with one attached hydrogen (secondary N) is 3. The monoisotopic (exact) mass is 499 g/mol. The van der Waals surface area contributed by atoms with Gasteiger partial charge in [0.1, 0.15) is 27.7 Å². The number of hydrogen-bond acceptors (Lipinski definition) is 8. The second kappa shape index (κ2) is 10.1. The van der Waals surface area contributed by atoms with E-state index in [-0.39, 0.29) is 35.2 Å². The van der Waals surface area contributed by atoms with Crippen molar-refractivity contribution >= 4 is 46.3 Å². The number of nitrogen functional groups attached to an aromatic ring is 1. The first kappa shape index (κ1) is 24.4. The van der Waals surface area contributed by atoms with Gasteiger partial charge in [-0.1, -0.05) is 11.6 Å². The fraction of sp³-hybridized carbons (Fsp3) is 0.211. The van der Waals surface area contributed by atoms with Gasteiger partial charge in [-0.15, -0.1) is 11.3 Å². The molecule has 2 amide bonds. The van der Waals surface area contributed by atoms with Crippen LogP contribution >= 0.6 is 22.9 Å². The number of nitrogens with zero attached hydrogens (tertiary/aromatic N) is 3. The summed E-state index contributed by atoms with van der Waals surface area (Å²) in [6.45, 7) is 0.288. The van der Waals surface area contributed by atoms with E-state index < -0.39 is 28.6 Å². The maximum atomic E-state index is 13.0. The maximum absolute atomic E-state index is 13.0. The molecule has 2 aromatic heterocycles. The Labute approximate surface area is 194 Å². The van der Waals surface area contributed by atoms with Crippen LogP contribution in [0.15, 0.2) is 30.7 Å². The van der Waals surface area contributed by atoms with Gasteiger partial charge in [-0.2, -0.15) is 13.2 Å². The third-order valence-electron chi connectivity index (χ3n) is 4.25. The molecular formula is C19H17ClF3N7O2S. The fourth-order valence-electron chi connectivity index (χ4n) is 2.72. The van der Waals surface area contributed by atoms with Crippen LogP contribution in [0.1, 0.15) is 36.3 Å². The highest BCUT2D eigenvalue weighted by Gasteiger charge is 2.33. The molecule has 14 heteroatoms. The number of carbonyl (C=O) groups excluding carboxylic acids is 2. The molecule has 0 aliphatic heterocycles. The number of alkyl halides is 3. The number of benzene rings is 1. The zero-order valence-corrected chi connectivity index (χ0v) is 18.5. The van der Waals surface area contributed by atoms with Crippen molar-refractivity contribution in [1.82, 2.24) is 25.6 Å². The van der Waals surface area contributed by atoms with Crippen LogP contribution in [-0.2, 0) is 19.3 Å². The SMILES string of the molecule is CNCc1c(N)ncnc1C(=O)NCc1ncc(C(=O)Nc2ccc(Cl)c(C(F)(F)F)c2)s1. The molecule has 3 aromatic rings. The highest BCUT2D eigenvalue weighted by atomic mass is 35.5. The minimum Gasteiger partial charge on any atom is -0.383 e. The number of rotatable bonds is 7. The Kier molecular flexibility index (Phi) is 7.46. The predicted molar refractivity (Wildman–Crippen MR) is 117 cm³/mol. The molecule has 3 rings (SSSR count). The summed E-state index contributed by atoms with van der Waals surface area (Å²) in [5.74, 6) is -0.981. The number of hydrogen-bond donors (Lipinski definition) is 4. The second-order valence-electron chi connectivity index (χ2n) is 6.56. The van der Waals surface area contributed by atoms with E-state index in [1.54, 1.807) is 7.05 Å². The van der Waals surface area contributed by atoms with E-state index in [0.717, 1.165) is 23.5 Å². The number of carbonyl (C=O) groups is 2. The van der Waals surface area contributed by atoms with Crippen LogP contribution in [0.4, 0.5) is 24.7 Å². The average Bonchev–Trinajstić information content (AvgIpc) is 3.23. The summed E-state index contributed by atoms with van der Waals surface area (Å²) in [4.78, 5) is 36.9. The van der Waals surface area contributed by atoms with Crippen LogP contribution in [-0.4, -0.2) is 33.8 Å². The molecule has 174 valence electrons. The molecule has 33 heavy (non-hydrogen) atoms. The Morgan fingerprint density at radius 2 is 1.91 bits per heavy atom. The average molecular weight is 500 g/mol. The standard InChI is InChI=1S/C19H17ClF3N7O2S/c1-25-5-10-15(28-8-29-16(10)24)18(32)27-7-14-26-6-13(33-14)17(31)30-9-2-3-12(20)11(4-9)19(21,22)23/h2-4,6,8,25H,5,7H2,1H3,(H,27,32)(H,30,31)(H2,24,28,29). The molecule has 0 unspecified atom stereocenters. The maximum Gasteiger partial charge on any atom is 0.417 e. The van der Waals surface area contributed by atoms with Crippen LogP contribution in [0.3, 0.4) is 0 Å². The Bertz CT molecular complexity index is 1190. The van der Waals surface area contributed by atoms with Crippen LogP contribution < -0.4 is 21.7 Å². The molecule has 9 nitrogen and oxygen atoms in total. The second-order valence-corrected chi connectivity index (χ2v) is 8.09. The van der Waals surface area contributed by atoms with Gasteiger partial charge in [0.25, 0.3) is 11.8 Å². The lowest BCUT2D eigenvalue weighted by Gasteiger charge is -2.11. The smallest absolute Gasteiger partial charge is 0.383 e. The van der Waals surface area contributed by atoms with E-state index in [1.165, 1.54) is 18.6 Å². The number of thiazole rings is 1. The molecule has 0 bridgehead atoms. The Hall–Kier alpha value is -3.29.